The minimum Gasteiger partial charge on any atom is -0.478 e. The number of benzene rings is 1. The topological polar surface area (TPSA) is 76.1 Å². The number of carboxylic acids is 1. The van der Waals surface area contributed by atoms with Crippen LogP contribution in [0, 0.1) is 0 Å². The Bertz CT molecular complexity index is 536. The van der Waals surface area contributed by atoms with Gasteiger partial charge < -0.3 is 19.5 Å². The number of hydrogen-bond donors (Lipinski definition) is 1. The van der Waals surface area contributed by atoms with Crippen molar-refractivity contribution in [2.75, 3.05) is 20.3 Å². The lowest BCUT2D eigenvalue weighted by Crippen LogP contribution is -2.37. The van der Waals surface area contributed by atoms with Crippen LogP contribution in [-0.4, -0.2) is 54.4 Å². The summed E-state index contributed by atoms with van der Waals surface area (Å²) in [5.74, 6) is -1.07. The number of carbonyl (C=O) groups excluding carboxylic acids is 1. The van der Waals surface area contributed by atoms with E-state index in [1.54, 1.807) is 31.0 Å². The third-order valence-corrected chi connectivity index (χ3v) is 3.90. The zero-order valence-electron chi connectivity index (χ0n) is 13.5. The minimum absolute atomic E-state index is 0.0964. The molecule has 2 atom stereocenters. The van der Waals surface area contributed by atoms with Gasteiger partial charge in [0.1, 0.15) is 6.10 Å². The summed E-state index contributed by atoms with van der Waals surface area (Å²) in [5.41, 5.74) is 1.10. The molecule has 1 N–H and O–H groups in total. The molecule has 1 aromatic carbocycles. The molecule has 1 fully saturated rings. The Morgan fingerprint density at radius 3 is 2.65 bits per heavy atom. The highest BCUT2D eigenvalue weighted by Crippen LogP contribution is 2.14. The number of aromatic carboxylic acids is 1. The van der Waals surface area contributed by atoms with Gasteiger partial charge in [0.15, 0.2) is 0 Å². The van der Waals surface area contributed by atoms with E-state index < -0.39 is 12.1 Å². The molecule has 0 bridgehead atoms. The van der Waals surface area contributed by atoms with Crippen LogP contribution in [0.2, 0.25) is 0 Å². The van der Waals surface area contributed by atoms with Crippen molar-refractivity contribution in [1.29, 1.82) is 0 Å². The van der Waals surface area contributed by atoms with E-state index >= 15 is 0 Å². The van der Waals surface area contributed by atoms with Gasteiger partial charge in [-0.25, -0.2) is 4.79 Å². The van der Waals surface area contributed by atoms with Crippen molar-refractivity contribution >= 4 is 11.9 Å². The molecule has 2 rings (SSSR count). The SMILES string of the molecule is C[C@H](OC[C@H]1CCCO1)C(=O)N(C)Cc1ccc(C(=O)O)cc1. The molecular weight excluding hydrogens is 298 g/mol. The Labute approximate surface area is 136 Å². The predicted octanol–water partition coefficient (Wildman–Crippen LogP) is 1.93. The molecule has 1 saturated heterocycles. The zero-order valence-corrected chi connectivity index (χ0v) is 13.5. The van der Waals surface area contributed by atoms with Crippen LogP contribution < -0.4 is 0 Å². The third-order valence-electron chi connectivity index (χ3n) is 3.90. The quantitative estimate of drug-likeness (QED) is 0.830. The smallest absolute Gasteiger partial charge is 0.335 e. The second-order valence-electron chi connectivity index (χ2n) is 5.81. The molecule has 1 heterocycles. The highest BCUT2D eigenvalue weighted by Gasteiger charge is 2.22. The second-order valence-corrected chi connectivity index (χ2v) is 5.81. The summed E-state index contributed by atoms with van der Waals surface area (Å²) in [6.45, 7) is 3.35. The van der Waals surface area contributed by atoms with Crippen LogP contribution in [0.4, 0.5) is 0 Å². The number of nitrogens with zero attached hydrogens (tertiary/aromatic N) is 1. The largest absolute Gasteiger partial charge is 0.478 e. The fourth-order valence-corrected chi connectivity index (χ4v) is 2.51. The molecule has 1 aliphatic heterocycles. The molecule has 1 amide bonds. The Morgan fingerprint density at radius 2 is 2.09 bits per heavy atom. The van der Waals surface area contributed by atoms with Gasteiger partial charge in [0.05, 0.1) is 18.3 Å². The predicted molar refractivity (Wildman–Crippen MR) is 84.3 cm³/mol. The molecule has 0 radical (unpaired) electrons. The Morgan fingerprint density at radius 1 is 1.39 bits per heavy atom. The molecule has 1 aliphatic rings. The Balaban J connectivity index is 1.82. The number of likely N-dealkylation sites (N-methyl/N-ethyl adjacent to an activating group) is 1. The highest BCUT2D eigenvalue weighted by molar-refractivity contribution is 5.87. The Hall–Kier alpha value is -1.92. The molecule has 126 valence electrons. The number of carboxylic acid groups (broad SMARTS) is 1. The zero-order chi connectivity index (χ0) is 16.8. The molecule has 0 aliphatic carbocycles. The average molecular weight is 321 g/mol. The highest BCUT2D eigenvalue weighted by atomic mass is 16.5. The molecule has 0 aromatic heterocycles. The fraction of sp³-hybridized carbons (Fsp3) is 0.529. The first-order valence-electron chi connectivity index (χ1n) is 7.78. The lowest BCUT2D eigenvalue weighted by Gasteiger charge is -2.22. The molecule has 0 unspecified atom stereocenters. The molecule has 23 heavy (non-hydrogen) atoms. The van der Waals surface area contributed by atoms with Gasteiger partial charge in [-0.05, 0) is 37.5 Å². The maximum atomic E-state index is 12.3. The normalized spacial score (nSPS) is 18.6. The van der Waals surface area contributed by atoms with Gasteiger partial charge in [0.25, 0.3) is 5.91 Å². The number of rotatable bonds is 7. The van der Waals surface area contributed by atoms with Crippen LogP contribution in [0.15, 0.2) is 24.3 Å². The monoisotopic (exact) mass is 321 g/mol. The van der Waals surface area contributed by atoms with Gasteiger partial charge in [0, 0.05) is 20.2 Å². The summed E-state index contributed by atoms with van der Waals surface area (Å²) in [6.07, 6.45) is 1.59. The second kappa shape index (κ2) is 8.08. The molecule has 6 nitrogen and oxygen atoms in total. The first-order chi connectivity index (χ1) is 11.0. The van der Waals surface area contributed by atoms with Crippen LogP contribution >= 0.6 is 0 Å². The molecular formula is C17H23NO5. The summed E-state index contributed by atoms with van der Waals surface area (Å²) in [4.78, 5) is 24.7. The van der Waals surface area contributed by atoms with Gasteiger partial charge >= 0.3 is 5.97 Å². The first kappa shape index (κ1) is 17.4. The van der Waals surface area contributed by atoms with Crippen LogP contribution in [0.3, 0.4) is 0 Å². The van der Waals surface area contributed by atoms with Crippen molar-refractivity contribution in [3.63, 3.8) is 0 Å². The van der Waals surface area contributed by atoms with E-state index in [1.807, 2.05) is 0 Å². The summed E-state index contributed by atoms with van der Waals surface area (Å²) in [5, 5.41) is 8.88. The Kier molecular flexibility index (Phi) is 6.12. The van der Waals surface area contributed by atoms with Crippen molar-refractivity contribution in [3.05, 3.63) is 35.4 Å². The maximum absolute atomic E-state index is 12.3. The van der Waals surface area contributed by atoms with E-state index in [0.717, 1.165) is 25.0 Å². The van der Waals surface area contributed by atoms with E-state index in [4.69, 9.17) is 14.6 Å². The van der Waals surface area contributed by atoms with Gasteiger partial charge in [0.2, 0.25) is 0 Å². The molecule has 1 aromatic rings. The van der Waals surface area contributed by atoms with Crippen molar-refractivity contribution in [2.24, 2.45) is 0 Å². The average Bonchev–Trinajstić information content (AvgIpc) is 3.05. The fourth-order valence-electron chi connectivity index (χ4n) is 2.51. The molecule has 0 spiro atoms. The molecule has 0 saturated carbocycles. The maximum Gasteiger partial charge on any atom is 0.335 e. The standard InChI is InChI=1S/C17H23NO5/c1-12(23-11-15-4-3-9-22-15)16(19)18(2)10-13-5-7-14(8-6-13)17(20)21/h5-8,12,15H,3-4,9-11H2,1-2H3,(H,20,21)/t12-,15+/m0/s1. The number of carbonyl (C=O) groups is 2. The summed E-state index contributed by atoms with van der Waals surface area (Å²) >= 11 is 0. The van der Waals surface area contributed by atoms with E-state index in [0.29, 0.717) is 13.2 Å². The van der Waals surface area contributed by atoms with E-state index in [-0.39, 0.29) is 17.6 Å². The lowest BCUT2D eigenvalue weighted by molar-refractivity contribution is -0.143. The van der Waals surface area contributed by atoms with Crippen molar-refractivity contribution in [2.45, 2.75) is 38.5 Å². The van der Waals surface area contributed by atoms with Crippen molar-refractivity contribution in [1.82, 2.24) is 4.90 Å². The summed E-state index contributed by atoms with van der Waals surface area (Å²) < 4.78 is 11.1. The van der Waals surface area contributed by atoms with Crippen LogP contribution in [0.5, 0.6) is 0 Å². The van der Waals surface area contributed by atoms with Crippen molar-refractivity contribution < 1.29 is 24.2 Å². The first-order valence-corrected chi connectivity index (χ1v) is 7.78. The van der Waals surface area contributed by atoms with Crippen LogP contribution in [-0.2, 0) is 20.8 Å². The lowest BCUT2D eigenvalue weighted by atomic mass is 10.1. The number of hydrogen-bond acceptors (Lipinski definition) is 4. The minimum atomic E-state index is -0.961. The summed E-state index contributed by atoms with van der Waals surface area (Å²) in [7, 11) is 1.71. The van der Waals surface area contributed by atoms with Gasteiger partial charge in [-0.3, -0.25) is 4.79 Å². The van der Waals surface area contributed by atoms with Crippen LogP contribution in [0.1, 0.15) is 35.7 Å². The number of ether oxygens (including phenoxy) is 2. The number of amides is 1. The third kappa shape index (κ3) is 5.04. The van der Waals surface area contributed by atoms with E-state index in [1.165, 1.54) is 12.1 Å². The van der Waals surface area contributed by atoms with E-state index in [2.05, 4.69) is 0 Å². The molecule has 6 heteroatoms. The van der Waals surface area contributed by atoms with Gasteiger partial charge in [-0.15, -0.1) is 0 Å². The van der Waals surface area contributed by atoms with Gasteiger partial charge in [-0.1, -0.05) is 12.1 Å². The van der Waals surface area contributed by atoms with Crippen molar-refractivity contribution in [3.8, 4) is 0 Å². The van der Waals surface area contributed by atoms with Crippen LogP contribution in [0.25, 0.3) is 0 Å². The van der Waals surface area contributed by atoms with E-state index in [9.17, 15) is 9.59 Å². The van der Waals surface area contributed by atoms with Gasteiger partial charge in [-0.2, -0.15) is 0 Å². The summed E-state index contributed by atoms with van der Waals surface area (Å²) in [6, 6.07) is 6.50.